The number of benzene rings is 3. The molecule has 3 rings (SSSR count). The van der Waals surface area contributed by atoms with Gasteiger partial charge < -0.3 is 10.2 Å². The molecule has 1 N–H and O–H groups in total. The van der Waals surface area contributed by atoms with E-state index in [-0.39, 0.29) is 34.1 Å². The number of hydrogen-bond acceptors (Lipinski definition) is 4. The first kappa shape index (κ1) is 29.2. The minimum atomic E-state index is -4.15. The molecule has 0 heterocycles. The molecule has 0 saturated carbocycles. The van der Waals surface area contributed by atoms with E-state index in [4.69, 9.17) is 11.6 Å². The van der Waals surface area contributed by atoms with E-state index >= 15 is 0 Å². The van der Waals surface area contributed by atoms with E-state index in [2.05, 4.69) is 5.32 Å². The van der Waals surface area contributed by atoms with E-state index in [0.717, 1.165) is 21.9 Å². The first-order valence-corrected chi connectivity index (χ1v) is 14.3. The molecule has 202 valence electrons. The lowest BCUT2D eigenvalue weighted by Crippen LogP contribution is -2.52. The van der Waals surface area contributed by atoms with Gasteiger partial charge in [-0.2, -0.15) is 0 Å². The number of sulfonamides is 1. The highest BCUT2D eigenvalue weighted by molar-refractivity contribution is 7.92. The molecule has 7 nitrogen and oxygen atoms in total. The van der Waals surface area contributed by atoms with Gasteiger partial charge in [-0.05, 0) is 57.0 Å². The summed E-state index contributed by atoms with van der Waals surface area (Å²) in [6.45, 7) is 7.05. The first-order chi connectivity index (χ1) is 18.0. The van der Waals surface area contributed by atoms with Crippen LogP contribution in [0.25, 0.3) is 0 Å². The van der Waals surface area contributed by atoms with Gasteiger partial charge in [0.2, 0.25) is 11.8 Å². The van der Waals surface area contributed by atoms with E-state index in [1.165, 1.54) is 17.0 Å². The van der Waals surface area contributed by atoms with Crippen molar-refractivity contribution < 1.29 is 18.0 Å². The molecule has 0 bridgehead atoms. The number of para-hydroxylation sites is 1. The van der Waals surface area contributed by atoms with Gasteiger partial charge in [-0.25, -0.2) is 8.42 Å². The quantitative estimate of drug-likeness (QED) is 0.353. The summed E-state index contributed by atoms with van der Waals surface area (Å²) in [5.41, 5.74) is 2.02. The van der Waals surface area contributed by atoms with Crippen LogP contribution < -0.4 is 9.62 Å². The number of nitrogens with zero attached hydrogens (tertiary/aromatic N) is 2. The zero-order chi connectivity index (χ0) is 27.9. The van der Waals surface area contributed by atoms with E-state index in [1.807, 2.05) is 45.0 Å². The van der Waals surface area contributed by atoms with E-state index in [9.17, 15) is 18.0 Å². The van der Waals surface area contributed by atoms with Crippen molar-refractivity contribution in [3.05, 3.63) is 95.0 Å². The fourth-order valence-electron chi connectivity index (χ4n) is 3.94. The Balaban J connectivity index is 2.03. The highest BCUT2D eigenvalue weighted by Crippen LogP contribution is 2.30. The van der Waals surface area contributed by atoms with Gasteiger partial charge in [0.1, 0.15) is 12.6 Å². The third kappa shape index (κ3) is 7.14. The lowest BCUT2D eigenvalue weighted by atomic mass is 10.1. The number of amides is 2. The fraction of sp³-hybridized carbons (Fsp3) is 0.310. The number of anilines is 1. The third-order valence-corrected chi connectivity index (χ3v) is 8.43. The molecule has 2 atom stereocenters. The number of halogens is 1. The van der Waals surface area contributed by atoms with Crippen molar-refractivity contribution in [3.8, 4) is 0 Å². The summed E-state index contributed by atoms with van der Waals surface area (Å²) in [5.74, 6) is -0.840. The largest absolute Gasteiger partial charge is 0.352 e. The van der Waals surface area contributed by atoms with Crippen LogP contribution in [0, 0.1) is 6.92 Å². The summed E-state index contributed by atoms with van der Waals surface area (Å²) in [4.78, 5) is 28.4. The van der Waals surface area contributed by atoms with Crippen LogP contribution in [0.4, 0.5) is 5.69 Å². The maximum absolute atomic E-state index is 13.9. The molecule has 0 radical (unpaired) electrons. The lowest BCUT2D eigenvalue weighted by Gasteiger charge is -2.32. The van der Waals surface area contributed by atoms with Crippen molar-refractivity contribution in [3.63, 3.8) is 0 Å². The molecule has 0 aromatic heterocycles. The van der Waals surface area contributed by atoms with Crippen molar-refractivity contribution in [1.29, 1.82) is 0 Å². The zero-order valence-electron chi connectivity index (χ0n) is 22.1. The maximum atomic E-state index is 13.9. The molecule has 9 heteroatoms. The van der Waals surface area contributed by atoms with Gasteiger partial charge in [0, 0.05) is 12.6 Å². The molecule has 3 aromatic carbocycles. The average Bonchev–Trinajstić information content (AvgIpc) is 2.90. The summed E-state index contributed by atoms with van der Waals surface area (Å²) in [6, 6.07) is 21.1. The topological polar surface area (TPSA) is 86.8 Å². The Bertz CT molecular complexity index is 1370. The molecule has 3 aromatic rings. The molecule has 0 saturated heterocycles. The molecule has 0 aliphatic rings. The second-order valence-electron chi connectivity index (χ2n) is 9.28. The minimum absolute atomic E-state index is 0.0283. The number of carbonyl (C=O) groups is 2. The van der Waals surface area contributed by atoms with E-state index < -0.39 is 28.5 Å². The van der Waals surface area contributed by atoms with Crippen molar-refractivity contribution in [2.45, 2.75) is 57.6 Å². The predicted molar refractivity (Wildman–Crippen MR) is 152 cm³/mol. The second-order valence-corrected chi connectivity index (χ2v) is 11.6. The summed E-state index contributed by atoms with van der Waals surface area (Å²) in [6.07, 6.45) is 0.736. The van der Waals surface area contributed by atoms with Crippen LogP contribution in [0.5, 0.6) is 0 Å². The number of nitrogens with one attached hydrogen (secondary N) is 1. The van der Waals surface area contributed by atoms with Gasteiger partial charge >= 0.3 is 0 Å². The Morgan fingerprint density at radius 1 is 0.947 bits per heavy atom. The van der Waals surface area contributed by atoms with E-state index in [1.54, 1.807) is 49.4 Å². The van der Waals surface area contributed by atoms with E-state index in [0.29, 0.717) is 0 Å². The molecule has 0 aliphatic heterocycles. The Labute approximate surface area is 230 Å². The monoisotopic (exact) mass is 555 g/mol. The number of aryl methyl sites for hydroxylation is 1. The van der Waals surface area contributed by atoms with Crippen molar-refractivity contribution in [2.24, 2.45) is 0 Å². The van der Waals surface area contributed by atoms with Crippen LogP contribution in [0.3, 0.4) is 0 Å². The van der Waals surface area contributed by atoms with Crippen LogP contribution in [0.1, 0.15) is 38.3 Å². The molecule has 0 unspecified atom stereocenters. The Morgan fingerprint density at radius 3 is 2.24 bits per heavy atom. The molecule has 0 fully saturated rings. The van der Waals surface area contributed by atoms with Crippen LogP contribution in [-0.4, -0.2) is 43.8 Å². The SMILES string of the molecule is CC[C@@H](C)NC(=O)[C@H](C)N(Cc1cccc(C)c1)C(=O)CN(c1ccccc1Cl)S(=O)(=O)c1ccccc1. The normalized spacial score (nSPS) is 12.9. The highest BCUT2D eigenvalue weighted by Gasteiger charge is 2.33. The molecular weight excluding hydrogens is 522 g/mol. The van der Waals surface area contributed by atoms with Gasteiger partial charge in [0.25, 0.3) is 10.0 Å². The highest BCUT2D eigenvalue weighted by atomic mass is 35.5. The first-order valence-electron chi connectivity index (χ1n) is 12.5. The zero-order valence-corrected chi connectivity index (χ0v) is 23.7. The molecular formula is C29H34ClN3O4S. The summed E-state index contributed by atoms with van der Waals surface area (Å²) in [7, 11) is -4.15. The van der Waals surface area contributed by atoms with Crippen LogP contribution in [0.15, 0.2) is 83.8 Å². The predicted octanol–water partition coefficient (Wildman–Crippen LogP) is 5.18. The Hall–Kier alpha value is -3.36. The standard InChI is InChI=1S/C29H34ClN3O4S/c1-5-22(3)31-29(35)23(4)32(19-24-13-11-12-21(2)18-24)28(34)20-33(27-17-10-9-16-26(27)30)38(36,37)25-14-7-6-8-15-25/h6-18,22-23H,5,19-20H2,1-4H3,(H,31,35)/t22-,23+/m1/s1. The van der Waals surface area contributed by atoms with Gasteiger partial charge in [0.05, 0.1) is 15.6 Å². The minimum Gasteiger partial charge on any atom is -0.352 e. The Kier molecular flexibility index (Phi) is 9.94. The molecule has 0 spiro atoms. The van der Waals surface area contributed by atoms with Gasteiger partial charge in [-0.1, -0.05) is 78.7 Å². The smallest absolute Gasteiger partial charge is 0.264 e. The maximum Gasteiger partial charge on any atom is 0.264 e. The Morgan fingerprint density at radius 2 is 1.61 bits per heavy atom. The van der Waals surface area contributed by atoms with Crippen molar-refractivity contribution in [2.75, 3.05) is 10.8 Å². The van der Waals surface area contributed by atoms with Gasteiger partial charge in [-0.3, -0.25) is 13.9 Å². The van der Waals surface area contributed by atoms with Crippen molar-refractivity contribution in [1.82, 2.24) is 10.2 Å². The second kappa shape index (κ2) is 12.9. The van der Waals surface area contributed by atoms with Crippen LogP contribution in [-0.2, 0) is 26.2 Å². The summed E-state index contributed by atoms with van der Waals surface area (Å²) >= 11 is 6.41. The third-order valence-electron chi connectivity index (χ3n) is 6.33. The molecule has 0 aliphatic carbocycles. The van der Waals surface area contributed by atoms with Crippen LogP contribution >= 0.6 is 11.6 Å². The number of carbonyl (C=O) groups excluding carboxylic acids is 2. The number of hydrogen-bond donors (Lipinski definition) is 1. The van der Waals surface area contributed by atoms with Gasteiger partial charge in [-0.15, -0.1) is 0 Å². The summed E-state index contributed by atoms with van der Waals surface area (Å²) in [5, 5.41) is 3.11. The molecule has 38 heavy (non-hydrogen) atoms. The molecule has 2 amide bonds. The van der Waals surface area contributed by atoms with Gasteiger partial charge in [0.15, 0.2) is 0 Å². The average molecular weight is 556 g/mol. The van der Waals surface area contributed by atoms with Crippen molar-refractivity contribution >= 4 is 39.1 Å². The summed E-state index contributed by atoms with van der Waals surface area (Å²) < 4.78 is 28.5. The van der Waals surface area contributed by atoms with Crippen LogP contribution in [0.2, 0.25) is 5.02 Å². The fourth-order valence-corrected chi connectivity index (χ4v) is 5.68. The lowest BCUT2D eigenvalue weighted by molar-refractivity contribution is -0.139. The number of rotatable bonds is 11.